The summed E-state index contributed by atoms with van der Waals surface area (Å²) in [5.74, 6) is -0.193. The third kappa shape index (κ3) is 3.38. The predicted octanol–water partition coefficient (Wildman–Crippen LogP) is 3.22. The molecule has 0 aliphatic rings. The summed E-state index contributed by atoms with van der Waals surface area (Å²) in [5, 5.41) is 14.2. The van der Waals surface area contributed by atoms with Gasteiger partial charge in [0.05, 0.1) is 6.10 Å². The zero-order valence-corrected chi connectivity index (χ0v) is 12.9. The second-order valence-electron chi connectivity index (χ2n) is 5.48. The fraction of sp³-hybridized carbons (Fsp3) is 0.158. The smallest absolute Gasteiger partial charge is 0.270 e. The number of amides is 1. The third-order valence-corrected chi connectivity index (χ3v) is 3.80. The van der Waals surface area contributed by atoms with E-state index >= 15 is 0 Å². The number of aromatic nitrogens is 1. The van der Waals surface area contributed by atoms with Gasteiger partial charge in [0.25, 0.3) is 5.91 Å². The van der Waals surface area contributed by atoms with Gasteiger partial charge in [-0.2, -0.15) is 0 Å². The van der Waals surface area contributed by atoms with E-state index in [1.807, 2.05) is 54.6 Å². The van der Waals surface area contributed by atoms with Gasteiger partial charge in [0, 0.05) is 18.1 Å². The number of carbonyl (C=O) groups excluding carboxylic acids is 1. The summed E-state index contributed by atoms with van der Waals surface area (Å²) in [6.45, 7) is 2.15. The fourth-order valence-electron chi connectivity index (χ4n) is 2.48. The highest BCUT2D eigenvalue weighted by Gasteiger charge is 2.11. The topological polar surface area (TPSA) is 62.2 Å². The molecule has 3 aromatic rings. The molecule has 1 atom stereocenters. The first-order chi connectivity index (χ1) is 11.1. The van der Waals surface area contributed by atoms with Crippen LogP contribution in [0.15, 0.2) is 60.8 Å². The Labute approximate surface area is 134 Å². The van der Waals surface area contributed by atoms with Crippen LogP contribution in [0.5, 0.6) is 0 Å². The SMILES string of the molecule is C[C@@H](O)c1ccc(CNC(=O)c2nccc3ccccc23)cc1. The predicted molar refractivity (Wildman–Crippen MR) is 90.0 cm³/mol. The summed E-state index contributed by atoms with van der Waals surface area (Å²) in [6, 6.07) is 17.1. The van der Waals surface area contributed by atoms with Crippen molar-refractivity contribution in [3.63, 3.8) is 0 Å². The van der Waals surface area contributed by atoms with Crippen LogP contribution in [-0.4, -0.2) is 16.0 Å². The number of aliphatic hydroxyl groups is 1. The number of nitrogens with zero attached hydrogens (tertiary/aromatic N) is 1. The molecular formula is C19H18N2O2. The Hall–Kier alpha value is -2.72. The van der Waals surface area contributed by atoms with E-state index in [-0.39, 0.29) is 5.91 Å². The van der Waals surface area contributed by atoms with E-state index in [1.165, 1.54) is 0 Å². The van der Waals surface area contributed by atoms with Crippen molar-refractivity contribution in [1.29, 1.82) is 0 Å². The van der Waals surface area contributed by atoms with Crippen molar-refractivity contribution in [1.82, 2.24) is 10.3 Å². The number of benzene rings is 2. The molecule has 0 fully saturated rings. The first-order valence-corrected chi connectivity index (χ1v) is 7.54. The molecule has 3 rings (SSSR count). The molecule has 116 valence electrons. The van der Waals surface area contributed by atoms with Crippen LogP contribution < -0.4 is 5.32 Å². The number of carbonyl (C=O) groups is 1. The van der Waals surface area contributed by atoms with E-state index in [1.54, 1.807) is 13.1 Å². The van der Waals surface area contributed by atoms with Crippen molar-refractivity contribution >= 4 is 16.7 Å². The van der Waals surface area contributed by atoms with E-state index < -0.39 is 6.10 Å². The molecule has 4 heteroatoms. The molecule has 4 nitrogen and oxygen atoms in total. The molecule has 0 saturated heterocycles. The van der Waals surface area contributed by atoms with Gasteiger partial charge in [-0.1, -0.05) is 48.5 Å². The van der Waals surface area contributed by atoms with Crippen molar-refractivity contribution in [3.05, 3.63) is 77.6 Å². The Morgan fingerprint density at radius 1 is 1.13 bits per heavy atom. The second kappa shape index (κ2) is 6.58. The summed E-state index contributed by atoms with van der Waals surface area (Å²) in [7, 11) is 0. The number of rotatable bonds is 4. The zero-order chi connectivity index (χ0) is 16.2. The lowest BCUT2D eigenvalue weighted by Gasteiger charge is -2.09. The fourth-order valence-corrected chi connectivity index (χ4v) is 2.48. The monoisotopic (exact) mass is 306 g/mol. The average Bonchev–Trinajstić information content (AvgIpc) is 2.59. The zero-order valence-electron chi connectivity index (χ0n) is 12.9. The number of hydrogen-bond donors (Lipinski definition) is 2. The van der Waals surface area contributed by atoms with E-state index in [0.29, 0.717) is 12.2 Å². The van der Waals surface area contributed by atoms with Crippen molar-refractivity contribution in [2.45, 2.75) is 19.6 Å². The van der Waals surface area contributed by atoms with E-state index in [4.69, 9.17) is 0 Å². The summed E-state index contributed by atoms with van der Waals surface area (Å²) in [6.07, 6.45) is 1.16. The largest absolute Gasteiger partial charge is 0.389 e. The highest BCUT2D eigenvalue weighted by molar-refractivity contribution is 6.05. The Morgan fingerprint density at radius 2 is 1.87 bits per heavy atom. The van der Waals surface area contributed by atoms with Crippen molar-refractivity contribution in [2.24, 2.45) is 0 Å². The van der Waals surface area contributed by atoms with Gasteiger partial charge in [-0.15, -0.1) is 0 Å². The molecule has 1 aromatic heterocycles. The summed E-state index contributed by atoms with van der Waals surface area (Å²) < 4.78 is 0. The number of pyridine rings is 1. The lowest BCUT2D eigenvalue weighted by molar-refractivity contribution is 0.0947. The van der Waals surface area contributed by atoms with Gasteiger partial charge in [-0.05, 0) is 29.5 Å². The molecule has 2 aromatic carbocycles. The van der Waals surface area contributed by atoms with E-state index in [0.717, 1.165) is 21.9 Å². The van der Waals surface area contributed by atoms with Gasteiger partial charge in [-0.3, -0.25) is 9.78 Å². The highest BCUT2D eigenvalue weighted by atomic mass is 16.3. The van der Waals surface area contributed by atoms with Gasteiger partial charge >= 0.3 is 0 Å². The van der Waals surface area contributed by atoms with Gasteiger partial charge < -0.3 is 10.4 Å². The molecule has 23 heavy (non-hydrogen) atoms. The summed E-state index contributed by atoms with van der Waals surface area (Å²) in [4.78, 5) is 16.6. The van der Waals surface area contributed by atoms with Crippen molar-refractivity contribution in [2.75, 3.05) is 0 Å². The van der Waals surface area contributed by atoms with Crippen LogP contribution >= 0.6 is 0 Å². The van der Waals surface area contributed by atoms with Gasteiger partial charge in [-0.25, -0.2) is 0 Å². The Balaban J connectivity index is 1.74. The molecule has 0 unspecified atom stereocenters. The van der Waals surface area contributed by atoms with Gasteiger partial charge in [0.15, 0.2) is 0 Å². The van der Waals surface area contributed by atoms with Crippen LogP contribution in [0.4, 0.5) is 0 Å². The Morgan fingerprint density at radius 3 is 2.61 bits per heavy atom. The van der Waals surface area contributed by atoms with Crippen LogP contribution in [-0.2, 0) is 6.54 Å². The molecule has 1 heterocycles. The van der Waals surface area contributed by atoms with E-state index in [9.17, 15) is 9.90 Å². The lowest BCUT2D eigenvalue weighted by Crippen LogP contribution is -2.24. The summed E-state index contributed by atoms with van der Waals surface area (Å²) in [5.41, 5.74) is 2.27. The highest BCUT2D eigenvalue weighted by Crippen LogP contribution is 2.16. The minimum Gasteiger partial charge on any atom is -0.389 e. The molecular weight excluding hydrogens is 288 g/mol. The quantitative estimate of drug-likeness (QED) is 0.778. The Kier molecular flexibility index (Phi) is 4.35. The molecule has 0 aliphatic heterocycles. The van der Waals surface area contributed by atoms with Crippen molar-refractivity contribution in [3.8, 4) is 0 Å². The molecule has 1 amide bonds. The molecule has 2 N–H and O–H groups in total. The first kappa shape index (κ1) is 15.2. The lowest BCUT2D eigenvalue weighted by atomic mass is 10.1. The van der Waals surface area contributed by atoms with Gasteiger partial charge in [0.1, 0.15) is 5.69 Å². The maximum absolute atomic E-state index is 12.4. The summed E-state index contributed by atoms with van der Waals surface area (Å²) >= 11 is 0. The molecule has 0 bridgehead atoms. The molecule has 0 aliphatic carbocycles. The van der Waals surface area contributed by atoms with Gasteiger partial charge in [0.2, 0.25) is 0 Å². The minimum atomic E-state index is -0.487. The molecule has 0 spiro atoms. The maximum Gasteiger partial charge on any atom is 0.270 e. The second-order valence-corrected chi connectivity index (χ2v) is 5.48. The number of hydrogen-bond acceptors (Lipinski definition) is 3. The van der Waals surface area contributed by atoms with Crippen LogP contribution in [0.25, 0.3) is 10.8 Å². The van der Waals surface area contributed by atoms with Crippen molar-refractivity contribution < 1.29 is 9.90 Å². The Bertz CT molecular complexity index is 821. The average molecular weight is 306 g/mol. The third-order valence-electron chi connectivity index (χ3n) is 3.80. The normalized spacial score (nSPS) is 12.1. The minimum absolute atomic E-state index is 0.193. The molecule has 0 saturated carbocycles. The number of nitrogens with one attached hydrogen (secondary N) is 1. The maximum atomic E-state index is 12.4. The van der Waals surface area contributed by atoms with E-state index in [2.05, 4.69) is 10.3 Å². The first-order valence-electron chi connectivity index (χ1n) is 7.54. The molecule has 0 radical (unpaired) electrons. The van der Waals surface area contributed by atoms with Crippen LogP contribution in [0.3, 0.4) is 0 Å². The number of aliphatic hydroxyl groups excluding tert-OH is 1. The van der Waals surface area contributed by atoms with Crippen LogP contribution in [0.2, 0.25) is 0 Å². The number of fused-ring (bicyclic) bond motifs is 1. The van der Waals surface area contributed by atoms with Crippen LogP contribution in [0, 0.1) is 0 Å². The van der Waals surface area contributed by atoms with Crippen LogP contribution in [0.1, 0.15) is 34.6 Å². The standard InChI is InChI=1S/C19H18N2O2/c1-13(22)15-8-6-14(7-9-15)12-21-19(23)18-17-5-3-2-4-16(17)10-11-20-18/h2-11,13,22H,12H2,1H3,(H,21,23)/t13-/m1/s1.